The largest absolute Gasteiger partial charge is 0.462 e. The average molecular weight is 666 g/mol. The van der Waals surface area contributed by atoms with Crippen LogP contribution in [0.5, 0.6) is 0 Å². The number of carbonyl (C=O) groups is 1. The number of esters is 1. The first-order chi connectivity index (χ1) is 22.9. The molecule has 0 spiro atoms. The zero-order valence-corrected chi connectivity index (χ0v) is 32.2. The maximum absolute atomic E-state index is 12.6. The average Bonchev–Trinajstić information content (AvgIpc) is 3.79. The summed E-state index contributed by atoms with van der Waals surface area (Å²) in [5.74, 6) is -0.0314. The molecule has 0 bridgehead atoms. The molecule has 47 heavy (non-hydrogen) atoms. The number of hydrogen-bond acceptors (Lipinski definition) is 5. The van der Waals surface area contributed by atoms with Crippen LogP contribution in [0.2, 0.25) is 0 Å². The van der Waals surface area contributed by atoms with E-state index in [1.807, 2.05) is 0 Å². The Balaban J connectivity index is 2.20. The van der Waals surface area contributed by atoms with Crippen LogP contribution in [0.15, 0.2) is 0 Å². The molecule has 0 aromatic rings. The van der Waals surface area contributed by atoms with Crippen LogP contribution >= 0.6 is 0 Å². The van der Waals surface area contributed by atoms with Crippen LogP contribution in [0.3, 0.4) is 0 Å². The van der Waals surface area contributed by atoms with E-state index in [2.05, 4.69) is 33.0 Å². The van der Waals surface area contributed by atoms with E-state index in [1.54, 1.807) is 0 Å². The lowest BCUT2D eigenvalue weighted by Gasteiger charge is -2.22. The summed E-state index contributed by atoms with van der Waals surface area (Å²) in [5.41, 5.74) is 0.694. The highest BCUT2D eigenvalue weighted by atomic mass is 16.6. The van der Waals surface area contributed by atoms with Crippen LogP contribution in [-0.4, -0.2) is 42.7 Å². The third-order valence-electron chi connectivity index (χ3n) is 10.5. The summed E-state index contributed by atoms with van der Waals surface area (Å²) in [5, 5.41) is 14.1. The molecular weight excluding hydrogens is 582 g/mol. The first-order valence-electron chi connectivity index (χ1n) is 21.2. The summed E-state index contributed by atoms with van der Waals surface area (Å²) in [4.78, 5) is 12.6. The number of carbonyl (C=O) groups excluding carboxylic acids is 1. The van der Waals surface area contributed by atoms with E-state index in [4.69, 9.17) is 9.47 Å². The molecule has 0 radical (unpaired) electrons. The maximum Gasteiger partial charge on any atom is 0.306 e. The summed E-state index contributed by atoms with van der Waals surface area (Å²) in [6.07, 6.45) is 36.5. The zero-order valence-electron chi connectivity index (χ0n) is 32.2. The van der Waals surface area contributed by atoms with Crippen LogP contribution in [-0.2, 0) is 14.3 Å². The molecule has 1 saturated carbocycles. The Morgan fingerprint density at radius 2 is 1.04 bits per heavy atom. The Hall–Kier alpha value is -0.650. The monoisotopic (exact) mass is 666 g/mol. The summed E-state index contributed by atoms with van der Waals surface area (Å²) in [6, 6.07) is 0. The van der Waals surface area contributed by atoms with Crippen LogP contribution < -0.4 is 5.32 Å². The standard InChI is InChI=1S/C42H83NO4/c1-5-8-11-15-20-27-38(28-21-16-12-9-6-2)46-40(44)31-25-36-43-37-26-32-41(45)47-39(29-22-17-13-10-7-3)30-23-18-14-19-24-33-42(4)34-35-42/h38-39,41,43,45H,5-37H2,1-4H3. The Morgan fingerprint density at radius 3 is 1.55 bits per heavy atom. The van der Waals surface area contributed by atoms with Gasteiger partial charge in [0, 0.05) is 6.42 Å². The number of aliphatic hydroxyl groups is 1. The third-order valence-corrected chi connectivity index (χ3v) is 10.5. The van der Waals surface area contributed by atoms with Crippen LogP contribution in [0, 0.1) is 5.41 Å². The highest BCUT2D eigenvalue weighted by Gasteiger charge is 2.35. The van der Waals surface area contributed by atoms with Crippen molar-refractivity contribution in [1.82, 2.24) is 5.32 Å². The molecule has 5 nitrogen and oxygen atoms in total. The van der Waals surface area contributed by atoms with Gasteiger partial charge in [0.25, 0.3) is 0 Å². The van der Waals surface area contributed by atoms with Gasteiger partial charge in [-0.2, -0.15) is 0 Å². The van der Waals surface area contributed by atoms with E-state index in [9.17, 15) is 9.90 Å². The second-order valence-electron chi connectivity index (χ2n) is 15.5. The number of hydrogen-bond donors (Lipinski definition) is 2. The second kappa shape index (κ2) is 31.3. The molecule has 0 aliphatic heterocycles. The molecule has 0 amide bonds. The van der Waals surface area contributed by atoms with E-state index in [0.29, 0.717) is 18.3 Å². The van der Waals surface area contributed by atoms with Gasteiger partial charge in [-0.25, -0.2) is 0 Å². The van der Waals surface area contributed by atoms with Gasteiger partial charge in [0.1, 0.15) is 6.10 Å². The van der Waals surface area contributed by atoms with Crippen LogP contribution in [0.1, 0.15) is 227 Å². The summed E-state index contributed by atoms with van der Waals surface area (Å²) in [6.45, 7) is 10.9. The number of nitrogens with one attached hydrogen (secondary N) is 1. The number of ether oxygens (including phenoxy) is 2. The van der Waals surface area contributed by atoms with Gasteiger partial charge in [-0.05, 0) is 95.6 Å². The fourth-order valence-corrected chi connectivity index (χ4v) is 6.81. The Morgan fingerprint density at radius 1 is 0.596 bits per heavy atom. The lowest BCUT2D eigenvalue weighted by atomic mass is 9.99. The van der Waals surface area contributed by atoms with Gasteiger partial charge in [0.05, 0.1) is 6.10 Å². The molecule has 1 aliphatic rings. The molecule has 280 valence electrons. The van der Waals surface area contributed by atoms with Gasteiger partial charge < -0.3 is 19.9 Å². The van der Waals surface area contributed by atoms with Crippen molar-refractivity contribution in [3.05, 3.63) is 0 Å². The second-order valence-corrected chi connectivity index (χ2v) is 15.5. The lowest BCUT2D eigenvalue weighted by Crippen LogP contribution is -2.24. The van der Waals surface area contributed by atoms with Crippen molar-refractivity contribution in [2.24, 2.45) is 5.41 Å². The third kappa shape index (κ3) is 28.9. The highest BCUT2D eigenvalue weighted by molar-refractivity contribution is 5.69. The Kier molecular flexibility index (Phi) is 29.6. The van der Waals surface area contributed by atoms with Gasteiger partial charge in [-0.15, -0.1) is 0 Å². The SMILES string of the molecule is CCCCCCCC(CCCCCCC)OC(=O)CCCNCCCC(O)OC(CCCCCCC)CCCCCCCC1(C)CC1. The van der Waals surface area contributed by atoms with Crippen molar-refractivity contribution in [2.75, 3.05) is 13.1 Å². The fraction of sp³-hybridized carbons (Fsp3) is 0.976. The van der Waals surface area contributed by atoms with E-state index in [1.165, 1.54) is 148 Å². The number of unbranched alkanes of at least 4 members (excludes halogenated alkanes) is 16. The minimum Gasteiger partial charge on any atom is -0.462 e. The van der Waals surface area contributed by atoms with Crippen molar-refractivity contribution in [2.45, 2.75) is 245 Å². The smallest absolute Gasteiger partial charge is 0.306 e. The van der Waals surface area contributed by atoms with Gasteiger partial charge in [-0.1, -0.05) is 143 Å². The van der Waals surface area contributed by atoms with E-state index in [-0.39, 0.29) is 18.2 Å². The normalized spacial score (nSPS) is 15.3. The van der Waals surface area contributed by atoms with Crippen molar-refractivity contribution < 1.29 is 19.4 Å². The molecule has 0 saturated heterocycles. The first kappa shape index (κ1) is 44.4. The fourth-order valence-electron chi connectivity index (χ4n) is 6.81. The molecule has 2 atom stereocenters. The van der Waals surface area contributed by atoms with Crippen LogP contribution in [0.4, 0.5) is 0 Å². The maximum atomic E-state index is 12.6. The Labute approximate surface area is 293 Å². The van der Waals surface area contributed by atoms with E-state index in [0.717, 1.165) is 51.6 Å². The molecule has 0 aromatic heterocycles. The minimum atomic E-state index is -0.674. The van der Waals surface area contributed by atoms with Gasteiger partial charge >= 0.3 is 5.97 Å². The first-order valence-corrected chi connectivity index (χ1v) is 21.2. The number of rotatable bonds is 37. The summed E-state index contributed by atoms with van der Waals surface area (Å²) >= 11 is 0. The number of aliphatic hydroxyl groups excluding tert-OH is 1. The topological polar surface area (TPSA) is 67.8 Å². The predicted octanol–water partition coefficient (Wildman–Crippen LogP) is 12.4. The van der Waals surface area contributed by atoms with Gasteiger partial charge in [0.2, 0.25) is 0 Å². The molecule has 1 fully saturated rings. The van der Waals surface area contributed by atoms with Gasteiger partial charge in [0.15, 0.2) is 6.29 Å². The Bertz CT molecular complexity index is 668. The van der Waals surface area contributed by atoms with Crippen molar-refractivity contribution >= 4 is 5.97 Å². The zero-order chi connectivity index (χ0) is 34.3. The molecule has 0 aromatic carbocycles. The molecular formula is C42H83NO4. The minimum absolute atomic E-state index is 0.0314. The summed E-state index contributed by atoms with van der Waals surface area (Å²) < 4.78 is 12.2. The van der Waals surface area contributed by atoms with Crippen molar-refractivity contribution in [3.8, 4) is 0 Å². The molecule has 1 rings (SSSR count). The molecule has 0 heterocycles. The molecule has 2 N–H and O–H groups in total. The molecule has 1 aliphatic carbocycles. The van der Waals surface area contributed by atoms with E-state index < -0.39 is 6.29 Å². The van der Waals surface area contributed by atoms with E-state index >= 15 is 0 Å². The van der Waals surface area contributed by atoms with Crippen molar-refractivity contribution in [3.63, 3.8) is 0 Å². The highest BCUT2D eigenvalue weighted by Crippen LogP contribution is 2.49. The van der Waals surface area contributed by atoms with Gasteiger partial charge in [-0.3, -0.25) is 4.79 Å². The quantitative estimate of drug-likeness (QED) is 0.0393. The van der Waals surface area contributed by atoms with Crippen molar-refractivity contribution in [1.29, 1.82) is 0 Å². The summed E-state index contributed by atoms with van der Waals surface area (Å²) in [7, 11) is 0. The lowest BCUT2D eigenvalue weighted by molar-refractivity contribution is -0.150. The molecule has 2 unspecified atom stereocenters. The van der Waals surface area contributed by atoms with Crippen LogP contribution in [0.25, 0.3) is 0 Å². The predicted molar refractivity (Wildman–Crippen MR) is 202 cm³/mol. The molecule has 5 heteroatoms.